The van der Waals surface area contributed by atoms with E-state index in [0.717, 1.165) is 0 Å². The molecule has 0 aromatic rings. The molecule has 0 radical (unpaired) electrons. The van der Waals surface area contributed by atoms with Crippen LogP contribution in [0.4, 0.5) is 0 Å². The zero-order valence-corrected chi connectivity index (χ0v) is 11.2. The van der Waals surface area contributed by atoms with Crippen molar-refractivity contribution in [3.05, 3.63) is 0 Å². The third kappa shape index (κ3) is 4.35. The number of ether oxygens (including phenoxy) is 1. The molecule has 0 unspecified atom stereocenters. The summed E-state index contributed by atoms with van der Waals surface area (Å²) in [5.74, 6) is -0.973. The highest BCUT2D eigenvalue weighted by Crippen LogP contribution is 2.09. The molecule has 6 nitrogen and oxygen atoms in total. The molecule has 0 aromatic carbocycles. The van der Waals surface area contributed by atoms with E-state index < -0.39 is 23.7 Å². The molecule has 1 rings (SSSR count). The summed E-state index contributed by atoms with van der Waals surface area (Å²) in [7, 11) is 0. The molecule has 2 amide bonds. The third-order valence-electron chi connectivity index (χ3n) is 2.43. The molecule has 0 aromatic heterocycles. The zero-order valence-electron chi connectivity index (χ0n) is 11.2. The smallest absolute Gasteiger partial charge is 0.328 e. The van der Waals surface area contributed by atoms with Crippen LogP contribution < -0.4 is 10.6 Å². The SMILES string of the molecule is C[C@@H](NC(=O)[C@H]1CCC(=O)N1)C(=O)OC(C)(C)C. The molecule has 102 valence electrons. The number of hydrogen-bond donors (Lipinski definition) is 2. The Hall–Kier alpha value is -1.59. The van der Waals surface area contributed by atoms with Gasteiger partial charge in [0.2, 0.25) is 11.8 Å². The molecule has 0 bridgehead atoms. The van der Waals surface area contributed by atoms with Crippen molar-refractivity contribution in [3.8, 4) is 0 Å². The largest absolute Gasteiger partial charge is 0.458 e. The maximum Gasteiger partial charge on any atom is 0.328 e. The van der Waals surface area contributed by atoms with Gasteiger partial charge in [-0.25, -0.2) is 4.79 Å². The van der Waals surface area contributed by atoms with E-state index in [-0.39, 0.29) is 11.8 Å². The summed E-state index contributed by atoms with van der Waals surface area (Å²) in [6, 6.07) is -1.27. The van der Waals surface area contributed by atoms with Crippen LogP contribution in [0.2, 0.25) is 0 Å². The summed E-state index contributed by atoms with van der Waals surface area (Å²) in [5, 5.41) is 5.08. The molecule has 0 aliphatic carbocycles. The molecule has 1 heterocycles. The Bertz CT molecular complexity index is 360. The van der Waals surface area contributed by atoms with E-state index in [1.807, 2.05) is 0 Å². The van der Waals surface area contributed by atoms with Crippen molar-refractivity contribution in [2.24, 2.45) is 0 Å². The van der Waals surface area contributed by atoms with Crippen molar-refractivity contribution in [2.45, 2.75) is 58.2 Å². The quantitative estimate of drug-likeness (QED) is 0.702. The van der Waals surface area contributed by atoms with E-state index in [2.05, 4.69) is 10.6 Å². The highest BCUT2D eigenvalue weighted by molar-refractivity contribution is 5.92. The van der Waals surface area contributed by atoms with Gasteiger partial charge in [0, 0.05) is 6.42 Å². The van der Waals surface area contributed by atoms with Crippen LogP contribution in [0.1, 0.15) is 40.5 Å². The fourth-order valence-corrected chi connectivity index (χ4v) is 1.57. The summed E-state index contributed by atoms with van der Waals surface area (Å²) in [6.45, 7) is 6.84. The Morgan fingerprint density at radius 2 is 2.06 bits per heavy atom. The number of rotatable bonds is 3. The Morgan fingerprint density at radius 1 is 1.44 bits per heavy atom. The van der Waals surface area contributed by atoms with Gasteiger partial charge in [0.15, 0.2) is 0 Å². The van der Waals surface area contributed by atoms with Crippen molar-refractivity contribution in [1.29, 1.82) is 0 Å². The minimum Gasteiger partial charge on any atom is -0.458 e. The third-order valence-corrected chi connectivity index (χ3v) is 2.43. The molecule has 1 saturated heterocycles. The number of carbonyl (C=O) groups excluding carboxylic acids is 3. The van der Waals surface area contributed by atoms with Gasteiger partial charge in [-0.3, -0.25) is 9.59 Å². The fourth-order valence-electron chi connectivity index (χ4n) is 1.57. The Kier molecular flexibility index (Phi) is 4.32. The Morgan fingerprint density at radius 3 is 2.50 bits per heavy atom. The summed E-state index contributed by atoms with van der Waals surface area (Å²) >= 11 is 0. The van der Waals surface area contributed by atoms with Crippen molar-refractivity contribution < 1.29 is 19.1 Å². The van der Waals surface area contributed by atoms with Gasteiger partial charge < -0.3 is 15.4 Å². The van der Waals surface area contributed by atoms with E-state index in [9.17, 15) is 14.4 Å². The van der Waals surface area contributed by atoms with E-state index in [1.165, 1.54) is 0 Å². The molecular formula is C12H20N2O4. The molecule has 1 fully saturated rings. The van der Waals surface area contributed by atoms with E-state index in [4.69, 9.17) is 4.74 Å². The molecular weight excluding hydrogens is 236 g/mol. The van der Waals surface area contributed by atoms with Gasteiger partial charge in [0.25, 0.3) is 0 Å². The van der Waals surface area contributed by atoms with Crippen LogP contribution in [0, 0.1) is 0 Å². The standard InChI is InChI=1S/C12H20N2O4/c1-7(11(17)18-12(2,3)4)13-10(16)8-5-6-9(15)14-8/h7-8H,5-6H2,1-4H3,(H,13,16)(H,14,15)/t7-,8-/m1/s1. The first kappa shape index (κ1) is 14.5. The van der Waals surface area contributed by atoms with Crippen LogP contribution in [0.25, 0.3) is 0 Å². The van der Waals surface area contributed by atoms with Crippen molar-refractivity contribution in [3.63, 3.8) is 0 Å². The van der Waals surface area contributed by atoms with Crippen molar-refractivity contribution in [1.82, 2.24) is 10.6 Å². The molecule has 0 saturated carbocycles. The molecule has 6 heteroatoms. The molecule has 1 aliphatic heterocycles. The van der Waals surface area contributed by atoms with E-state index >= 15 is 0 Å². The summed E-state index contributed by atoms with van der Waals surface area (Å²) in [4.78, 5) is 34.4. The summed E-state index contributed by atoms with van der Waals surface area (Å²) in [5.41, 5.74) is -0.586. The lowest BCUT2D eigenvalue weighted by molar-refractivity contribution is -0.158. The summed E-state index contributed by atoms with van der Waals surface area (Å²) in [6.07, 6.45) is 0.810. The number of esters is 1. The lowest BCUT2D eigenvalue weighted by Gasteiger charge is -2.23. The summed E-state index contributed by atoms with van der Waals surface area (Å²) < 4.78 is 5.14. The first-order valence-corrected chi connectivity index (χ1v) is 6.01. The predicted octanol–water partition coefficient (Wildman–Crippen LogP) is 0.111. The van der Waals surface area contributed by atoms with Gasteiger partial charge in [0.05, 0.1) is 0 Å². The number of nitrogens with one attached hydrogen (secondary N) is 2. The molecule has 0 spiro atoms. The maximum absolute atomic E-state index is 11.7. The maximum atomic E-state index is 11.7. The first-order valence-electron chi connectivity index (χ1n) is 6.01. The molecule has 2 N–H and O–H groups in total. The fraction of sp³-hybridized carbons (Fsp3) is 0.750. The Labute approximate surface area is 106 Å². The molecule has 18 heavy (non-hydrogen) atoms. The molecule has 1 aliphatic rings. The van der Waals surface area contributed by atoms with Gasteiger partial charge in [-0.05, 0) is 34.1 Å². The second-order valence-corrected chi connectivity index (χ2v) is 5.42. The second kappa shape index (κ2) is 5.37. The van der Waals surface area contributed by atoms with Gasteiger partial charge >= 0.3 is 5.97 Å². The lowest BCUT2D eigenvalue weighted by Crippen LogP contribution is -2.48. The van der Waals surface area contributed by atoms with Crippen LogP contribution in [0.3, 0.4) is 0 Å². The Balaban J connectivity index is 2.44. The minimum absolute atomic E-state index is 0.139. The topological polar surface area (TPSA) is 84.5 Å². The highest BCUT2D eigenvalue weighted by Gasteiger charge is 2.30. The van der Waals surface area contributed by atoms with E-state index in [0.29, 0.717) is 12.8 Å². The second-order valence-electron chi connectivity index (χ2n) is 5.42. The van der Waals surface area contributed by atoms with Crippen LogP contribution in [0.5, 0.6) is 0 Å². The zero-order chi connectivity index (χ0) is 13.9. The minimum atomic E-state index is -0.728. The molecule has 2 atom stereocenters. The average molecular weight is 256 g/mol. The van der Waals surface area contributed by atoms with Crippen molar-refractivity contribution in [2.75, 3.05) is 0 Å². The number of amides is 2. The van der Waals surface area contributed by atoms with Gasteiger partial charge in [-0.2, -0.15) is 0 Å². The normalized spacial score (nSPS) is 21.1. The average Bonchev–Trinajstić information content (AvgIpc) is 2.62. The highest BCUT2D eigenvalue weighted by atomic mass is 16.6. The van der Waals surface area contributed by atoms with Crippen LogP contribution >= 0.6 is 0 Å². The van der Waals surface area contributed by atoms with Crippen LogP contribution in [-0.4, -0.2) is 35.5 Å². The predicted molar refractivity (Wildman–Crippen MR) is 64.6 cm³/mol. The monoisotopic (exact) mass is 256 g/mol. The van der Waals surface area contributed by atoms with Crippen LogP contribution in [0.15, 0.2) is 0 Å². The number of carbonyl (C=O) groups is 3. The van der Waals surface area contributed by atoms with E-state index in [1.54, 1.807) is 27.7 Å². The van der Waals surface area contributed by atoms with Crippen LogP contribution in [-0.2, 0) is 19.1 Å². The lowest BCUT2D eigenvalue weighted by atomic mass is 10.2. The van der Waals surface area contributed by atoms with Gasteiger partial charge in [0.1, 0.15) is 17.7 Å². The van der Waals surface area contributed by atoms with Gasteiger partial charge in [-0.15, -0.1) is 0 Å². The number of hydrogen-bond acceptors (Lipinski definition) is 4. The first-order chi connectivity index (χ1) is 8.19. The van der Waals surface area contributed by atoms with Gasteiger partial charge in [-0.1, -0.05) is 0 Å². The van der Waals surface area contributed by atoms with Crippen molar-refractivity contribution >= 4 is 17.8 Å².